The van der Waals surface area contributed by atoms with Gasteiger partial charge in [-0.1, -0.05) is 58.0 Å². The minimum atomic E-state index is -5.08. The number of alkyl halides is 3. The van der Waals surface area contributed by atoms with Crippen LogP contribution in [0.1, 0.15) is 39.1 Å². The van der Waals surface area contributed by atoms with E-state index in [0.717, 1.165) is 12.0 Å². The number of benzene rings is 1. The number of aromatic nitrogens is 2. The average molecular weight is 483 g/mol. The predicted molar refractivity (Wildman–Crippen MR) is 121 cm³/mol. The molecule has 1 heterocycles. The van der Waals surface area contributed by atoms with Crippen LogP contribution in [0.2, 0.25) is 0 Å². The first-order valence-corrected chi connectivity index (χ1v) is 10.4. The van der Waals surface area contributed by atoms with Crippen LogP contribution in [0.3, 0.4) is 0 Å². The first-order chi connectivity index (χ1) is 16.0. The molecule has 0 radical (unpaired) electrons. The number of anilines is 1. The molecule has 186 valence electrons. The lowest BCUT2D eigenvalue weighted by molar-refractivity contribution is -0.192. The second kappa shape index (κ2) is 15.8. The molecule has 12 heteroatoms. The van der Waals surface area contributed by atoms with Gasteiger partial charge in [-0.3, -0.25) is 5.01 Å². The second-order valence-electron chi connectivity index (χ2n) is 6.76. The number of nitrogens with one attached hydrogen (secondary N) is 2. The Kier molecular flexibility index (Phi) is 14.0. The number of hydrogen-bond donors (Lipinski definition) is 3. The number of amides is 2. The summed E-state index contributed by atoms with van der Waals surface area (Å²) in [7, 11) is 0. The normalized spacial score (nSPS) is 9.97. The first-order valence-electron chi connectivity index (χ1n) is 10.4. The summed E-state index contributed by atoms with van der Waals surface area (Å²) >= 11 is 0. The number of nitriles is 1. The Morgan fingerprint density at radius 1 is 1.18 bits per heavy atom. The lowest BCUT2D eigenvalue weighted by Crippen LogP contribution is -2.49. The van der Waals surface area contributed by atoms with Gasteiger partial charge in [0.15, 0.2) is 5.82 Å². The predicted octanol–water partition coefficient (Wildman–Crippen LogP) is 3.93. The fourth-order valence-electron chi connectivity index (χ4n) is 2.24. The summed E-state index contributed by atoms with van der Waals surface area (Å²) in [6, 6.07) is 13.2. The molecule has 0 saturated heterocycles. The highest BCUT2D eigenvalue weighted by molar-refractivity contribution is 5.75. The molecule has 0 spiro atoms. The second-order valence-corrected chi connectivity index (χ2v) is 6.76. The number of carboxylic acids is 1. The molecule has 0 aliphatic rings. The van der Waals surface area contributed by atoms with Gasteiger partial charge < -0.3 is 10.4 Å². The molecule has 0 bridgehead atoms. The van der Waals surface area contributed by atoms with E-state index in [4.69, 9.17) is 15.2 Å². The van der Waals surface area contributed by atoms with E-state index >= 15 is 0 Å². The van der Waals surface area contributed by atoms with Gasteiger partial charge in [-0.25, -0.2) is 20.0 Å². The van der Waals surface area contributed by atoms with Crippen LogP contribution in [-0.4, -0.2) is 46.3 Å². The van der Waals surface area contributed by atoms with E-state index in [0.29, 0.717) is 24.8 Å². The molecule has 2 amide bonds. The summed E-state index contributed by atoms with van der Waals surface area (Å²) in [6.07, 6.45) is -2.83. The molecule has 2 rings (SSSR count). The van der Waals surface area contributed by atoms with Crippen molar-refractivity contribution in [2.45, 2.75) is 40.3 Å². The van der Waals surface area contributed by atoms with Crippen LogP contribution < -0.4 is 15.8 Å². The van der Waals surface area contributed by atoms with Gasteiger partial charge >= 0.3 is 18.2 Å². The summed E-state index contributed by atoms with van der Waals surface area (Å²) < 4.78 is 31.7. The molecule has 0 aliphatic carbocycles. The van der Waals surface area contributed by atoms with Crippen molar-refractivity contribution in [2.24, 2.45) is 5.92 Å². The van der Waals surface area contributed by atoms with Crippen LogP contribution in [0.15, 0.2) is 42.6 Å². The quantitative estimate of drug-likeness (QED) is 0.510. The maximum absolute atomic E-state index is 12.2. The Bertz CT molecular complexity index is 918. The van der Waals surface area contributed by atoms with Crippen LogP contribution in [0.5, 0.6) is 0 Å². The van der Waals surface area contributed by atoms with E-state index < -0.39 is 12.1 Å². The fraction of sp³-hybridized carbons (Fsp3) is 0.409. The molecule has 0 saturated carbocycles. The summed E-state index contributed by atoms with van der Waals surface area (Å²) in [5.74, 6) is -1.91. The van der Waals surface area contributed by atoms with Gasteiger partial charge in [0.25, 0.3) is 0 Å². The smallest absolute Gasteiger partial charge is 0.475 e. The molecule has 3 N–H and O–H groups in total. The van der Waals surface area contributed by atoms with Gasteiger partial charge in [-0.2, -0.15) is 23.4 Å². The molecule has 1 aromatic heterocycles. The van der Waals surface area contributed by atoms with Crippen LogP contribution in [0.4, 0.5) is 23.8 Å². The molecule has 0 atom stereocenters. The minimum absolute atomic E-state index is 0.0672. The van der Waals surface area contributed by atoms with Crippen molar-refractivity contribution in [3.63, 3.8) is 0 Å². The highest BCUT2D eigenvalue weighted by Crippen LogP contribution is 2.13. The topological polar surface area (TPSA) is 131 Å². The average Bonchev–Trinajstić information content (AvgIpc) is 2.80. The van der Waals surface area contributed by atoms with Gasteiger partial charge in [0.2, 0.25) is 5.82 Å². The molecule has 0 fully saturated rings. The zero-order valence-corrected chi connectivity index (χ0v) is 19.4. The molecular weight excluding hydrogens is 453 g/mol. The van der Waals surface area contributed by atoms with Crippen molar-refractivity contribution < 1.29 is 27.9 Å². The van der Waals surface area contributed by atoms with Gasteiger partial charge in [-0.05, 0) is 17.9 Å². The highest BCUT2D eigenvalue weighted by atomic mass is 19.4. The fourth-order valence-corrected chi connectivity index (χ4v) is 2.24. The van der Waals surface area contributed by atoms with E-state index in [9.17, 15) is 18.0 Å². The van der Waals surface area contributed by atoms with Crippen molar-refractivity contribution in [3.05, 3.63) is 54.0 Å². The first kappa shape index (κ1) is 30.1. The number of hydrazine groups is 1. The van der Waals surface area contributed by atoms with Gasteiger partial charge in [0, 0.05) is 25.4 Å². The maximum atomic E-state index is 12.2. The number of carboxylic acid groups (broad SMARTS) is 1. The molecule has 0 unspecified atom stereocenters. The Morgan fingerprint density at radius 2 is 1.76 bits per heavy atom. The zero-order chi connectivity index (χ0) is 26.1. The third-order valence-electron chi connectivity index (χ3n) is 3.59. The summed E-state index contributed by atoms with van der Waals surface area (Å²) in [6.45, 7) is 9.16. The molecule has 1 aromatic carbocycles. The summed E-state index contributed by atoms with van der Waals surface area (Å²) in [4.78, 5) is 29.1. The van der Waals surface area contributed by atoms with Crippen molar-refractivity contribution >= 4 is 17.8 Å². The Morgan fingerprint density at radius 3 is 2.26 bits per heavy atom. The van der Waals surface area contributed by atoms with Crippen LogP contribution >= 0.6 is 0 Å². The molecule has 0 aliphatic heterocycles. The van der Waals surface area contributed by atoms with Crippen molar-refractivity contribution in [3.8, 4) is 6.07 Å². The molecule has 34 heavy (non-hydrogen) atoms. The SMILES string of the molecule is CC.CC(C)CN(NC(=O)NCCc1ccccc1)c1ccnc(C#N)n1.O=C(O)C(F)(F)F. The maximum Gasteiger partial charge on any atom is 0.490 e. The molecular formula is C22H29F3N6O3. The van der Waals surface area contributed by atoms with E-state index in [2.05, 4.69) is 20.7 Å². The summed E-state index contributed by atoms with van der Waals surface area (Å²) in [5.41, 5.74) is 3.95. The lowest BCUT2D eigenvalue weighted by Gasteiger charge is -2.26. The number of nitrogens with zero attached hydrogens (tertiary/aromatic N) is 4. The lowest BCUT2D eigenvalue weighted by atomic mass is 10.1. The highest BCUT2D eigenvalue weighted by Gasteiger charge is 2.38. The van der Waals surface area contributed by atoms with Gasteiger partial charge in [-0.15, -0.1) is 0 Å². The Hall–Kier alpha value is -3.88. The third kappa shape index (κ3) is 12.8. The van der Waals surface area contributed by atoms with Gasteiger partial charge in [0.05, 0.1) is 0 Å². The van der Waals surface area contributed by atoms with Crippen molar-refractivity contribution in [2.75, 3.05) is 18.1 Å². The molecule has 9 nitrogen and oxygen atoms in total. The van der Waals surface area contributed by atoms with Crippen LogP contribution in [0, 0.1) is 17.2 Å². The number of halogens is 3. The summed E-state index contributed by atoms with van der Waals surface area (Å²) in [5, 5.41) is 20.5. The van der Waals surface area contributed by atoms with Gasteiger partial charge in [0.1, 0.15) is 6.07 Å². The van der Waals surface area contributed by atoms with E-state index in [1.807, 2.05) is 64.1 Å². The van der Waals surface area contributed by atoms with Crippen molar-refractivity contribution in [1.82, 2.24) is 20.7 Å². The third-order valence-corrected chi connectivity index (χ3v) is 3.59. The number of carbonyl (C=O) groups is 2. The minimum Gasteiger partial charge on any atom is -0.475 e. The van der Waals surface area contributed by atoms with Crippen LogP contribution in [-0.2, 0) is 11.2 Å². The Labute approximate surface area is 196 Å². The molecule has 2 aromatic rings. The largest absolute Gasteiger partial charge is 0.490 e. The van der Waals surface area contributed by atoms with Crippen LogP contribution in [0.25, 0.3) is 0 Å². The van der Waals surface area contributed by atoms with E-state index in [-0.39, 0.29) is 11.9 Å². The van der Waals surface area contributed by atoms with Crippen molar-refractivity contribution in [1.29, 1.82) is 5.26 Å². The van der Waals surface area contributed by atoms with E-state index in [1.54, 1.807) is 11.1 Å². The standard InChI is InChI=1S/C18H22N6O.C2HF3O2.C2H6/c1-14(2)13-24(17-9-11-20-16(12-19)22-17)23-18(25)21-10-8-15-6-4-3-5-7-15;3-2(4,5)1(6)7;1-2/h3-7,9,11,14H,8,10,13H2,1-2H3,(H2,21,23,25);(H,6,7);1-2H3. The number of hydrogen-bond acceptors (Lipinski definition) is 6. The number of carbonyl (C=O) groups excluding carboxylic acids is 1. The Balaban J connectivity index is 0.00000104. The zero-order valence-electron chi connectivity index (χ0n) is 19.4. The monoisotopic (exact) mass is 482 g/mol. The number of urea groups is 1. The van der Waals surface area contributed by atoms with E-state index in [1.165, 1.54) is 6.20 Å². The number of rotatable bonds is 7. The number of aliphatic carboxylic acids is 1.